The van der Waals surface area contributed by atoms with E-state index in [0.717, 1.165) is 5.69 Å². The monoisotopic (exact) mass is 233 g/mol. The maximum atomic E-state index is 11.7. The van der Waals surface area contributed by atoms with E-state index in [4.69, 9.17) is 4.74 Å². The fraction of sp³-hybridized carbons (Fsp3) is 0.375. The normalized spacial score (nSPS) is 9.83. The molecule has 1 aromatic heterocycles. The average molecular weight is 234 g/mol. The fourth-order valence-electron chi connectivity index (χ4n) is 0.756. The van der Waals surface area contributed by atoms with Crippen molar-refractivity contribution in [3.8, 4) is 5.88 Å². The maximum Gasteiger partial charge on any atom is 0.213 e. The molecule has 0 fully saturated rings. The quantitative estimate of drug-likeness (QED) is 0.746. The molecule has 0 N–H and O–H groups in total. The van der Waals surface area contributed by atoms with Gasteiger partial charge in [-0.3, -0.25) is 0 Å². The SMILES string of the molecule is FCCOc1cccc(CBr)n1. The van der Waals surface area contributed by atoms with Crippen LogP contribution in [0.5, 0.6) is 5.88 Å². The van der Waals surface area contributed by atoms with Gasteiger partial charge in [-0.1, -0.05) is 22.0 Å². The van der Waals surface area contributed by atoms with E-state index >= 15 is 0 Å². The van der Waals surface area contributed by atoms with Crippen molar-refractivity contribution < 1.29 is 9.13 Å². The van der Waals surface area contributed by atoms with Gasteiger partial charge in [0.1, 0.15) is 13.3 Å². The largest absolute Gasteiger partial charge is 0.475 e. The van der Waals surface area contributed by atoms with Crippen LogP contribution in [0.2, 0.25) is 0 Å². The molecule has 4 heteroatoms. The standard InChI is InChI=1S/C8H9BrFNO/c9-6-7-2-1-3-8(11-7)12-5-4-10/h1-3H,4-6H2. The topological polar surface area (TPSA) is 22.1 Å². The minimum absolute atomic E-state index is 0.0682. The maximum absolute atomic E-state index is 11.7. The van der Waals surface area contributed by atoms with Gasteiger partial charge in [-0.15, -0.1) is 0 Å². The van der Waals surface area contributed by atoms with Crippen molar-refractivity contribution in [2.24, 2.45) is 0 Å². The summed E-state index contributed by atoms with van der Waals surface area (Å²) in [6.45, 7) is -0.418. The molecule has 0 aliphatic rings. The second-order valence-corrected chi connectivity index (χ2v) is 2.70. The van der Waals surface area contributed by atoms with Crippen molar-refractivity contribution in [1.82, 2.24) is 4.98 Å². The predicted octanol–water partition coefficient (Wildman–Crippen LogP) is 2.32. The Bertz CT molecular complexity index is 244. The molecule has 2 nitrogen and oxygen atoms in total. The molecule has 1 rings (SSSR count). The van der Waals surface area contributed by atoms with Crippen LogP contribution < -0.4 is 4.74 Å². The number of rotatable bonds is 4. The minimum Gasteiger partial charge on any atom is -0.475 e. The average Bonchev–Trinajstić information content (AvgIpc) is 2.15. The van der Waals surface area contributed by atoms with E-state index in [0.29, 0.717) is 11.2 Å². The molecule has 0 spiro atoms. The summed E-state index contributed by atoms with van der Waals surface area (Å²) in [5.41, 5.74) is 0.881. The second-order valence-electron chi connectivity index (χ2n) is 2.14. The molecule has 0 radical (unpaired) electrons. The number of ether oxygens (including phenoxy) is 1. The van der Waals surface area contributed by atoms with Crippen LogP contribution >= 0.6 is 15.9 Å². The van der Waals surface area contributed by atoms with Crippen molar-refractivity contribution in [2.75, 3.05) is 13.3 Å². The van der Waals surface area contributed by atoms with Crippen LogP contribution in [0.25, 0.3) is 0 Å². The molecule has 0 aliphatic heterocycles. The lowest BCUT2D eigenvalue weighted by Crippen LogP contribution is -2.01. The summed E-state index contributed by atoms with van der Waals surface area (Å²) in [7, 11) is 0. The Morgan fingerprint density at radius 1 is 1.50 bits per heavy atom. The van der Waals surface area contributed by atoms with Crippen molar-refractivity contribution >= 4 is 15.9 Å². The molecule has 66 valence electrons. The highest BCUT2D eigenvalue weighted by Gasteiger charge is 1.96. The van der Waals surface area contributed by atoms with Crippen molar-refractivity contribution in [2.45, 2.75) is 5.33 Å². The minimum atomic E-state index is -0.486. The summed E-state index contributed by atoms with van der Waals surface area (Å²) >= 11 is 3.27. The van der Waals surface area contributed by atoms with Gasteiger partial charge in [0.25, 0.3) is 0 Å². The molecule has 1 heterocycles. The predicted molar refractivity (Wildman–Crippen MR) is 48.3 cm³/mol. The zero-order chi connectivity index (χ0) is 8.81. The van der Waals surface area contributed by atoms with Gasteiger partial charge in [0.15, 0.2) is 0 Å². The highest BCUT2D eigenvalue weighted by Crippen LogP contribution is 2.09. The number of hydrogen-bond acceptors (Lipinski definition) is 2. The van der Waals surface area contributed by atoms with Crippen molar-refractivity contribution in [3.05, 3.63) is 23.9 Å². The van der Waals surface area contributed by atoms with Crippen LogP contribution in [0, 0.1) is 0 Å². The van der Waals surface area contributed by atoms with Gasteiger partial charge in [-0.2, -0.15) is 0 Å². The van der Waals surface area contributed by atoms with Crippen LogP contribution in [-0.4, -0.2) is 18.3 Å². The first-order chi connectivity index (χ1) is 5.86. The van der Waals surface area contributed by atoms with Crippen LogP contribution in [0.4, 0.5) is 4.39 Å². The van der Waals surface area contributed by atoms with E-state index in [1.165, 1.54) is 0 Å². The highest BCUT2D eigenvalue weighted by molar-refractivity contribution is 9.08. The lowest BCUT2D eigenvalue weighted by molar-refractivity contribution is 0.264. The van der Waals surface area contributed by atoms with E-state index in [-0.39, 0.29) is 6.61 Å². The number of aromatic nitrogens is 1. The Morgan fingerprint density at radius 3 is 3.00 bits per heavy atom. The number of alkyl halides is 2. The van der Waals surface area contributed by atoms with Crippen LogP contribution in [0.3, 0.4) is 0 Å². The molecule has 0 saturated heterocycles. The first-order valence-corrected chi connectivity index (χ1v) is 4.69. The highest BCUT2D eigenvalue weighted by atomic mass is 79.9. The molecule has 1 aromatic rings. The smallest absolute Gasteiger partial charge is 0.213 e. The van der Waals surface area contributed by atoms with E-state index in [9.17, 15) is 4.39 Å². The molecule has 0 amide bonds. The first-order valence-electron chi connectivity index (χ1n) is 3.57. The molecule has 0 unspecified atom stereocenters. The van der Waals surface area contributed by atoms with Crippen LogP contribution in [-0.2, 0) is 5.33 Å². The Hall–Kier alpha value is -0.640. The van der Waals surface area contributed by atoms with Crippen LogP contribution in [0.15, 0.2) is 18.2 Å². The molecule has 0 atom stereocenters. The second kappa shape index (κ2) is 5.09. The van der Waals surface area contributed by atoms with Gasteiger partial charge >= 0.3 is 0 Å². The summed E-state index contributed by atoms with van der Waals surface area (Å²) in [5.74, 6) is 0.476. The van der Waals surface area contributed by atoms with E-state index in [2.05, 4.69) is 20.9 Å². The summed E-state index contributed by atoms with van der Waals surface area (Å²) in [4.78, 5) is 4.09. The number of halogens is 2. The van der Waals surface area contributed by atoms with Crippen molar-refractivity contribution in [1.29, 1.82) is 0 Å². The van der Waals surface area contributed by atoms with Crippen molar-refractivity contribution in [3.63, 3.8) is 0 Å². The molecular weight excluding hydrogens is 225 g/mol. The summed E-state index contributed by atoms with van der Waals surface area (Å²) < 4.78 is 16.7. The molecule has 0 aliphatic carbocycles. The third-order valence-electron chi connectivity index (χ3n) is 1.25. The zero-order valence-electron chi connectivity index (χ0n) is 6.46. The lowest BCUT2D eigenvalue weighted by Gasteiger charge is -2.02. The van der Waals surface area contributed by atoms with Gasteiger partial charge < -0.3 is 4.74 Å². The van der Waals surface area contributed by atoms with E-state index < -0.39 is 6.67 Å². The van der Waals surface area contributed by atoms with Gasteiger partial charge in [0.2, 0.25) is 5.88 Å². The molecule has 0 bridgehead atoms. The summed E-state index contributed by atoms with van der Waals surface area (Å²) in [5, 5.41) is 0.680. The van der Waals surface area contributed by atoms with Gasteiger partial charge in [0.05, 0.1) is 5.69 Å². The fourth-order valence-corrected chi connectivity index (χ4v) is 1.07. The van der Waals surface area contributed by atoms with E-state index in [1.807, 2.05) is 12.1 Å². The summed E-state index contributed by atoms with van der Waals surface area (Å²) in [6.07, 6.45) is 0. The van der Waals surface area contributed by atoms with Crippen LogP contribution in [0.1, 0.15) is 5.69 Å². The van der Waals surface area contributed by atoms with Gasteiger partial charge in [0, 0.05) is 11.4 Å². The Balaban J connectivity index is 2.60. The molecule has 0 aromatic carbocycles. The van der Waals surface area contributed by atoms with Gasteiger partial charge in [-0.25, -0.2) is 9.37 Å². The molecule has 0 saturated carbocycles. The number of pyridine rings is 1. The number of nitrogens with zero attached hydrogens (tertiary/aromatic N) is 1. The Labute approximate surface area is 78.9 Å². The zero-order valence-corrected chi connectivity index (χ0v) is 8.05. The molecule has 12 heavy (non-hydrogen) atoms. The summed E-state index contributed by atoms with van der Waals surface area (Å²) in [6, 6.07) is 5.41. The third-order valence-corrected chi connectivity index (χ3v) is 1.82. The Morgan fingerprint density at radius 2 is 2.33 bits per heavy atom. The third kappa shape index (κ3) is 2.77. The lowest BCUT2D eigenvalue weighted by atomic mass is 10.4. The van der Waals surface area contributed by atoms with E-state index in [1.54, 1.807) is 6.07 Å². The first kappa shape index (κ1) is 9.45. The van der Waals surface area contributed by atoms with Gasteiger partial charge in [-0.05, 0) is 6.07 Å². The Kier molecular flexibility index (Phi) is 4.00. The number of hydrogen-bond donors (Lipinski definition) is 0. The molecular formula is C8H9BrFNO.